The summed E-state index contributed by atoms with van der Waals surface area (Å²) in [5, 5.41) is 0. The fourth-order valence-corrected chi connectivity index (χ4v) is 3.37. The first-order valence-electron chi connectivity index (χ1n) is 10.7. The van der Waals surface area contributed by atoms with Gasteiger partial charge in [0.2, 0.25) is 5.90 Å². The van der Waals surface area contributed by atoms with Crippen LogP contribution in [0.5, 0.6) is 17.2 Å². The molecule has 1 heterocycles. The maximum absolute atomic E-state index is 12.6. The summed E-state index contributed by atoms with van der Waals surface area (Å²) in [6, 6.07) is 19.3. The lowest BCUT2D eigenvalue weighted by Crippen LogP contribution is -2.10. The van der Waals surface area contributed by atoms with E-state index in [2.05, 4.69) is 4.99 Å². The molecule has 0 N–H and O–H groups in total. The van der Waals surface area contributed by atoms with Crippen molar-refractivity contribution in [3.05, 3.63) is 94.7 Å². The largest absolute Gasteiger partial charge is 0.494 e. The zero-order valence-corrected chi connectivity index (χ0v) is 19.0. The number of ether oxygens (including phenoxy) is 4. The number of hydrogen-bond acceptors (Lipinski definition) is 7. The predicted molar refractivity (Wildman–Crippen MR) is 127 cm³/mol. The molecule has 0 saturated carbocycles. The number of hydrogen-bond donors (Lipinski definition) is 0. The number of rotatable bonds is 7. The zero-order valence-electron chi connectivity index (χ0n) is 19.0. The number of cyclic esters (lactones) is 1. The maximum atomic E-state index is 12.6. The molecule has 1 aliphatic heterocycles. The van der Waals surface area contributed by atoms with E-state index < -0.39 is 11.9 Å². The first-order valence-corrected chi connectivity index (χ1v) is 10.7. The van der Waals surface area contributed by atoms with E-state index in [1.807, 2.05) is 26.0 Å². The van der Waals surface area contributed by atoms with Crippen LogP contribution >= 0.6 is 0 Å². The molecule has 0 spiro atoms. The maximum Gasteiger partial charge on any atom is 0.363 e. The van der Waals surface area contributed by atoms with Crippen molar-refractivity contribution in [3.8, 4) is 17.2 Å². The molecule has 1 aliphatic rings. The summed E-state index contributed by atoms with van der Waals surface area (Å²) in [6.45, 7) is 4.31. The molecule has 7 heteroatoms. The van der Waals surface area contributed by atoms with E-state index in [0.717, 1.165) is 11.3 Å². The first kappa shape index (κ1) is 22.8. The molecule has 4 rings (SSSR count). The number of aryl methyl sites for hydroxylation is 1. The molecule has 172 valence electrons. The summed E-state index contributed by atoms with van der Waals surface area (Å²) >= 11 is 0. The van der Waals surface area contributed by atoms with E-state index in [9.17, 15) is 9.59 Å². The third-order valence-electron chi connectivity index (χ3n) is 5.09. The van der Waals surface area contributed by atoms with Gasteiger partial charge in [-0.05, 0) is 73.5 Å². The van der Waals surface area contributed by atoms with Crippen LogP contribution in [0.25, 0.3) is 6.08 Å². The summed E-state index contributed by atoms with van der Waals surface area (Å²) in [6.07, 6.45) is 1.58. The molecule has 0 amide bonds. The Bertz CT molecular complexity index is 1290. The molecule has 3 aromatic carbocycles. The molecule has 3 aromatic rings. The lowest BCUT2D eigenvalue weighted by Gasteiger charge is -2.11. The molecule has 0 radical (unpaired) electrons. The zero-order chi connectivity index (χ0) is 24.1. The van der Waals surface area contributed by atoms with Crippen molar-refractivity contribution in [1.82, 2.24) is 0 Å². The van der Waals surface area contributed by atoms with Crippen molar-refractivity contribution in [2.45, 2.75) is 13.8 Å². The van der Waals surface area contributed by atoms with E-state index in [-0.39, 0.29) is 17.3 Å². The standard InChI is InChI=1S/C27H23NO6/c1-4-32-20-12-10-19(11-13-20)25-28-22(27(30)34-25)15-18-9-14-23(24(16-18)31-3)33-26(29)21-8-6-5-7-17(21)2/h5-16H,4H2,1-3H3/b22-15-. The highest BCUT2D eigenvalue weighted by Crippen LogP contribution is 2.31. The molecule has 0 atom stereocenters. The van der Waals surface area contributed by atoms with Gasteiger partial charge in [-0.15, -0.1) is 0 Å². The van der Waals surface area contributed by atoms with E-state index in [1.165, 1.54) is 7.11 Å². The average molecular weight is 457 g/mol. The van der Waals surface area contributed by atoms with Gasteiger partial charge in [0, 0.05) is 5.56 Å². The van der Waals surface area contributed by atoms with Crippen LogP contribution in [-0.2, 0) is 9.53 Å². The highest BCUT2D eigenvalue weighted by molar-refractivity contribution is 6.12. The molecule has 0 aromatic heterocycles. The van der Waals surface area contributed by atoms with Crippen LogP contribution in [0.2, 0.25) is 0 Å². The molecule has 34 heavy (non-hydrogen) atoms. The van der Waals surface area contributed by atoms with Crippen molar-refractivity contribution in [3.63, 3.8) is 0 Å². The number of benzene rings is 3. The Balaban J connectivity index is 1.55. The highest BCUT2D eigenvalue weighted by atomic mass is 16.6. The minimum absolute atomic E-state index is 0.149. The van der Waals surface area contributed by atoms with Crippen molar-refractivity contribution in [2.75, 3.05) is 13.7 Å². The Morgan fingerprint density at radius 2 is 1.79 bits per heavy atom. The van der Waals surface area contributed by atoms with Crippen molar-refractivity contribution in [2.24, 2.45) is 4.99 Å². The summed E-state index contributed by atoms with van der Waals surface area (Å²) in [5.41, 5.74) is 2.73. The predicted octanol–water partition coefficient (Wildman–Crippen LogP) is 4.97. The molecular weight excluding hydrogens is 434 g/mol. The van der Waals surface area contributed by atoms with E-state index in [4.69, 9.17) is 18.9 Å². The molecule has 0 bridgehead atoms. The molecule has 0 unspecified atom stereocenters. The van der Waals surface area contributed by atoms with Crippen LogP contribution in [0.1, 0.15) is 34.0 Å². The number of esters is 2. The van der Waals surface area contributed by atoms with Crippen molar-refractivity contribution < 1.29 is 28.5 Å². The second-order valence-corrected chi connectivity index (χ2v) is 7.41. The third-order valence-corrected chi connectivity index (χ3v) is 5.09. The number of aliphatic imine (C=N–C) groups is 1. The minimum Gasteiger partial charge on any atom is -0.494 e. The van der Waals surface area contributed by atoms with Gasteiger partial charge in [0.1, 0.15) is 5.75 Å². The summed E-state index contributed by atoms with van der Waals surface area (Å²) in [7, 11) is 1.48. The molecule has 0 aliphatic carbocycles. The number of carbonyl (C=O) groups is 2. The van der Waals surface area contributed by atoms with Crippen molar-refractivity contribution in [1.29, 1.82) is 0 Å². The number of carbonyl (C=O) groups excluding carboxylic acids is 2. The van der Waals surface area contributed by atoms with E-state index >= 15 is 0 Å². The Hall–Kier alpha value is -4.39. The van der Waals surface area contributed by atoms with Crippen LogP contribution < -0.4 is 14.2 Å². The first-order chi connectivity index (χ1) is 16.5. The van der Waals surface area contributed by atoms with Crippen LogP contribution in [0.4, 0.5) is 0 Å². The Kier molecular flexibility index (Phi) is 6.73. The van der Waals surface area contributed by atoms with E-state index in [1.54, 1.807) is 60.7 Å². The van der Waals surface area contributed by atoms with Crippen molar-refractivity contribution >= 4 is 23.9 Å². The Morgan fingerprint density at radius 3 is 2.50 bits per heavy atom. The van der Waals surface area contributed by atoms with Gasteiger partial charge in [0.25, 0.3) is 0 Å². The topological polar surface area (TPSA) is 83.4 Å². The minimum atomic E-state index is -0.557. The van der Waals surface area contributed by atoms with E-state index in [0.29, 0.717) is 29.0 Å². The van der Waals surface area contributed by atoms with Gasteiger partial charge in [-0.2, -0.15) is 0 Å². The summed E-state index contributed by atoms with van der Waals surface area (Å²) < 4.78 is 21.7. The number of nitrogens with zero attached hydrogens (tertiary/aromatic N) is 1. The molecular formula is C27H23NO6. The lowest BCUT2D eigenvalue weighted by atomic mass is 10.1. The number of methoxy groups -OCH3 is 1. The Labute approximate surface area is 197 Å². The summed E-state index contributed by atoms with van der Waals surface area (Å²) in [5.74, 6) is 0.519. The smallest absolute Gasteiger partial charge is 0.363 e. The lowest BCUT2D eigenvalue weighted by molar-refractivity contribution is -0.129. The third kappa shape index (κ3) is 4.99. The molecule has 7 nitrogen and oxygen atoms in total. The normalized spacial score (nSPS) is 13.9. The van der Waals surface area contributed by atoms with Gasteiger partial charge >= 0.3 is 11.9 Å². The van der Waals surface area contributed by atoms with Crippen LogP contribution in [-0.4, -0.2) is 31.6 Å². The van der Waals surface area contributed by atoms with Crippen LogP contribution in [0.15, 0.2) is 77.4 Å². The van der Waals surface area contributed by atoms with Gasteiger partial charge in [-0.3, -0.25) is 0 Å². The average Bonchev–Trinajstić information content (AvgIpc) is 3.21. The SMILES string of the molecule is CCOc1ccc(C2=N/C(=C\c3ccc(OC(=O)c4ccccc4C)c(OC)c3)C(=O)O2)cc1. The van der Waals surface area contributed by atoms with Crippen LogP contribution in [0.3, 0.4) is 0 Å². The molecule has 0 fully saturated rings. The molecule has 0 saturated heterocycles. The fraction of sp³-hybridized carbons (Fsp3) is 0.148. The second-order valence-electron chi connectivity index (χ2n) is 7.41. The van der Waals surface area contributed by atoms with Gasteiger partial charge in [-0.25, -0.2) is 14.6 Å². The fourth-order valence-electron chi connectivity index (χ4n) is 3.37. The van der Waals surface area contributed by atoms with Crippen LogP contribution in [0, 0.1) is 6.92 Å². The summed E-state index contributed by atoms with van der Waals surface area (Å²) in [4.78, 5) is 29.2. The Morgan fingerprint density at radius 1 is 1.03 bits per heavy atom. The quantitative estimate of drug-likeness (QED) is 0.283. The monoisotopic (exact) mass is 457 g/mol. The van der Waals surface area contributed by atoms with Gasteiger partial charge in [-0.1, -0.05) is 24.3 Å². The second kappa shape index (κ2) is 10.0. The highest BCUT2D eigenvalue weighted by Gasteiger charge is 2.24. The van der Waals surface area contributed by atoms with Gasteiger partial charge in [0.15, 0.2) is 17.2 Å². The van der Waals surface area contributed by atoms with Gasteiger partial charge in [0.05, 0.1) is 19.3 Å². The van der Waals surface area contributed by atoms with Gasteiger partial charge < -0.3 is 18.9 Å².